The summed E-state index contributed by atoms with van der Waals surface area (Å²) in [6, 6.07) is 0. The SMILES string of the molecule is CO[Si](OC)(OC(C)(C)C)C(C)(C(C)C)C(C)C. The third-order valence-corrected chi connectivity index (χ3v) is 8.47. The quantitative estimate of drug-likeness (QED) is 0.683. The van der Waals surface area contributed by atoms with Gasteiger partial charge in [0.25, 0.3) is 0 Å². The summed E-state index contributed by atoms with van der Waals surface area (Å²) in [7, 11) is 0.667. The van der Waals surface area contributed by atoms with E-state index in [-0.39, 0.29) is 10.6 Å². The van der Waals surface area contributed by atoms with Crippen molar-refractivity contribution in [1.29, 1.82) is 0 Å². The summed E-state index contributed by atoms with van der Waals surface area (Å²) in [5.74, 6) is 0.845. The van der Waals surface area contributed by atoms with Crippen LogP contribution in [0.1, 0.15) is 55.4 Å². The molecular weight excluding hydrogens is 244 g/mol. The van der Waals surface area contributed by atoms with Gasteiger partial charge in [0.15, 0.2) is 0 Å². The first-order valence-corrected chi connectivity index (χ1v) is 8.49. The normalized spacial score (nSPS) is 14.7. The molecule has 0 saturated carbocycles. The van der Waals surface area contributed by atoms with Crippen molar-refractivity contribution >= 4 is 8.80 Å². The van der Waals surface area contributed by atoms with Gasteiger partial charge < -0.3 is 13.3 Å². The Bertz CT molecular complexity index is 244. The van der Waals surface area contributed by atoms with Gasteiger partial charge in [0.05, 0.1) is 5.60 Å². The number of hydrogen-bond donors (Lipinski definition) is 0. The van der Waals surface area contributed by atoms with Gasteiger partial charge in [-0.05, 0) is 32.6 Å². The van der Waals surface area contributed by atoms with E-state index in [1.807, 2.05) is 20.8 Å². The van der Waals surface area contributed by atoms with Gasteiger partial charge in [0.1, 0.15) is 0 Å². The van der Waals surface area contributed by atoms with E-state index in [1.54, 1.807) is 14.2 Å². The van der Waals surface area contributed by atoms with Crippen LogP contribution < -0.4 is 0 Å². The van der Waals surface area contributed by atoms with E-state index in [9.17, 15) is 0 Å². The molecule has 4 heteroatoms. The lowest BCUT2D eigenvalue weighted by molar-refractivity contribution is -0.0157. The van der Waals surface area contributed by atoms with Gasteiger partial charge in [-0.2, -0.15) is 0 Å². The molecule has 0 fully saturated rings. The van der Waals surface area contributed by atoms with Crippen molar-refractivity contribution in [3.63, 3.8) is 0 Å². The lowest BCUT2D eigenvalue weighted by atomic mass is 9.86. The van der Waals surface area contributed by atoms with Crippen molar-refractivity contribution in [3.8, 4) is 0 Å². The molecule has 3 nitrogen and oxygen atoms in total. The van der Waals surface area contributed by atoms with Gasteiger partial charge >= 0.3 is 8.80 Å². The Labute approximate surface area is 115 Å². The molecule has 0 aromatic heterocycles. The Morgan fingerprint density at radius 2 is 1.11 bits per heavy atom. The van der Waals surface area contributed by atoms with E-state index in [0.29, 0.717) is 11.8 Å². The van der Waals surface area contributed by atoms with Gasteiger partial charge in [0, 0.05) is 19.3 Å². The molecule has 0 bridgehead atoms. The van der Waals surface area contributed by atoms with Crippen molar-refractivity contribution in [2.75, 3.05) is 14.2 Å². The van der Waals surface area contributed by atoms with Crippen LogP contribution in [-0.2, 0) is 13.3 Å². The molecule has 0 rings (SSSR count). The predicted octanol–water partition coefficient (Wildman–Crippen LogP) is 4.11. The first-order valence-electron chi connectivity index (χ1n) is 6.77. The first kappa shape index (κ1) is 18.1. The van der Waals surface area contributed by atoms with E-state index in [2.05, 4.69) is 34.6 Å². The van der Waals surface area contributed by atoms with Crippen LogP contribution >= 0.6 is 0 Å². The highest BCUT2D eigenvalue weighted by molar-refractivity contribution is 6.64. The highest BCUT2D eigenvalue weighted by Gasteiger charge is 2.61. The van der Waals surface area contributed by atoms with E-state index < -0.39 is 8.80 Å². The van der Waals surface area contributed by atoms with Gasteiger partial charge in [-0.25, -0.2) is 0 Å². The Balaban J connectivity index is 5.68. The molecule has 0 atom stereocenters. The second-order valence-corrected chi connectivity index (χ2v) is 9.98. The fourth-order valence-corrected chi connectivity index (χ4v) is 6.15. The largest absolute Gasteiger partial charge is 0.507 e. The van der Waals surface area contributed by atoms with E-state index in [4.69, 9.17) is 13.3 Å². The number of hydrogen-bond acceptors (Lipinski definition) is 3. The summed E-state index contributed by atoms with van der Waals surface area (Å²) in [5.41, 5.74) is -0.275. The molecule has 0 heterocycles. The summed E-state index contributed by atoms with van der Waals surface area (Å²) in [4.78, 5) is 0. The number of rotatable bonds is 6. The average Bonchev–Trinajstić information content (AvgIpc) is 2.22. The second-order valence-electron chi connectivity index (χ2n) is 6.77. The van der Waals surface area contributed by atoms with Gasteiger partial charge in [-0.15, -0.1) is 0 Å². The van der Waals surface area contributed by atoms with Crippen molar-refractivity contribution in [1.82, 2.24) is 0 Å². The fourth-order valence-electron chi connectivity index (χ4n) is 2.49. The molecule has 110 valence electrons. The monoisotopic (exact) mass is 276 g/mol. The van der Waals surface area contributed by atoms with Crippen LogP contribution in [-0.4, -0.2) is 28.6 Å². The van der Waals surface area contributed by atoms with Gasteiger partial charge in [-0.1, -0.05) is 34.6 Å². The Morgan fingerprint density at radius 1 is 0.778 bits per heavy atom. The standard InChI is InChI=1S/C14H32O3Si/c1-11(2)14(8,12(3)4)18(15-9,16-10)17-13(5,6)7/h11-12H,1-10H3. The van der Waals surface area contributed by atoms with Crippen LogP contribution in [0.2, 0.25) is 5.04 Å². The topological polar surface area (TPSA) is 27.7 Å². The summed E-state index contributed by atoms with van der Waals surface area (Å²) < 4.78 is 18.0. The zero-order valence-electron chi connectivity index (χ0n) is 13.9. The maximum atomic E-state index is 6.31. The molecule has 0 saturated heterocycles. The molecule has 0 aromatic carbocycles. The lowest BCUT2D eigenvalue weighted by Crippen LogP contribution is -2.60. The third-order valence-electron chi connectivity index (χ3n) is 4.04. The van der Waals surface area contributed by atoms with Gasteiger partial charge in [-0.3, -0.25) is 0 Å². The summed E-state index contributed by atoms with van der Waals surface area (Å²) >= 11 is 0. The average molecular weight is 276 g/mol. The zero-order chi connectivity index (χ0) is 14.8. The van der Waals surface area contributed by atoms with Crippen molar-refractivity contribution in [3.05, 3.63) is 0 Å². The van der Waals surface area contributed by atoms with E-state index in [0.717, 1.165) is 0 Å². The predicted molar refractivity (Wildman–Crippen MR) is 78.7 cm³/mol. The molecule has 0 aliphatic heterocycles. The summed E-state index contributed by atoms with van der Waals surface area (Å²) in [5, 5.41) is -0.107. The van der Waals surface area contributed by atoms with Crippen LogP contribution in [0.25, 0.3) is 0 Å². The maximum absolute atomic E-state index is 6.31. The molecule has 18 heavy (non-hydrogen) atoms. The molecule has 0 aromatic rings. The first-order chi connectivity index (χ1) is 7.97. The molecule has 0 aliphatic rings. The Kier molecular flexibility index (Phi) is 6.07. The van der Waals surface area contributed by atoms with Crippen LogP contribution in [0.5, 0.6) is 0 Å². The smallest absolute Gasteiger partial charge is 0.376 e. The Hall–Kier alpha value is 0.0969. The van der Waals surface area contributed by atoms with Crippen LogP contribution in [0.3, 0.4) is 0 Å². The van der Waals surface area contributed by atoms with Crippen LogP contribution in [0, 0.1) is 11.8 Å². The molecule has 0 spiro atoms. The van der Waals surface area contributed by atoms with Crippen molar-refractivity contribution < 1.29 is 13.3 Å². The fraction of sp³-hybridized carbons (Fsp3) is 1.00. The van der Waals surface area contributed by atoms with Crippen LogP contribution in [0.15, 0.2) is 0 Å². The molecule has 0 unspecified atom stereocenters. The molecule has 0 amide bonds. The summed E-state index contributed by atoms with van der Waals surface area (Å²) in [6.45, 7) is 17.2. The molecular formula is C14H32O3Si. The second kappa shape index (κ2) is 6.03. The Morgan fingerprint density at radius 3 is 1.28 bits per heavy atom. The minimum atomic E-state index is -2.76. The van der Waals surface area contributed by atoms with E-state index in [1.165, 1.54) is 0 Å². The third kappa shape index (κ3) is 3.35. The molecule has 0 radical (unpaired) electrons. The lowest BCUT2D eigenvalue weighted by Gasteiger charge is -2.49. The maximum Gasteiger partial charge on any atom is 0.507 e. The van der Waals surface area contributed by atoms with Crippen molar-refractivity contribution in [2.24, 2.45) is 11.8 Å². The highest BCUT2D eigenvalue weighted by Crippen LogP contribution is 2.52. The minimum absolute atomic E-state index is 0.107. The summed E-state index contributed by atoms with van der Waals surface area (Å²) in [6.07, 6.45) is 0. The molecule has 0 aliphatic carbocycles. The minimum Gasteiger partial charge on any atom is -0.376 e. The van der Waals surface area contributed by atoms with Crippen molar-refractivity contribution in [2.45, 2.75) is 66.0 Å². The zero-order valence-corrected chi connectivity index (χ0v) is 14.9. The van der Waals surface area contributed by atoms with E-state index >= 15 is 0 Å². The van der Waals surface area contributed by atoms with Crippen LogP contribution in [0.4, 0.5) is 0 Å². The van der Waals surface area contributed by atoms with Gasteiger partial charge in [0.2, 0.25) is 0 Å². The molecule has 0 N–H and O–H groups in total. The highest BCUT2D eigenvalue weighted by atomic mass is 28.4.